The van der Waals surface area contributed by atoms with Crippen molar-refractivity contribution in [1.82, 2.24) is 15.5 Å². The molecule has 0 saturated carbocycles. The Morgan fingerprint density at radius 3 is 2.69 bits per heavy atom. The molecule has 0 amide bonds. The maximum atomic E-state index is 12.6. The predicted molar refractivity (Wildman–Crippen MR) is 115 cm³/mol. The second kappa shape index (κ2) is 8.14. The first-order valence-electron chi connectivity index (χ1n) is 9.08. The van der Waals surface area contributed by atoms with E-state index in [0.29, 0.717) is 41.8 Å². The summed E-state index contributed by atoms with van der Waals surface area (Å²) < 4.78 is 11.8. The lowest BCUT2D eigenvalue weighted by atomic mass is 10.2. The number of halogens is 1. The summed E-state index contributed by atoms with van der Waals surface area (Å²) in [6.45, 7) is 2.93. The summed E-state index contributed by atoms with van der Waals surface area (Å²) in [6.07, 6.45) is 0. The molecule has 1 aliphatic heterocycles. The Labute approximate surface area is 175 Å². The summed E-state index contributed by atoms with van der Waals surface area (Å²) in [7, 11) is 1.63. The lowest BCUT2D eigenvalue weighted by molar-refractivity contribution is 0.341. The number of rotatable bonds is 6. The highest BCUT2D eigenvalue weighted by molar-refractivity contribution is 9.10. The van der Waals surface area contributed by atoms with Gasteiger partial charge >= 0.3 is 0 Å². The molecule has 3 aromatic rings. The van der Waals surface area contributed by atoms with Gasteiger partial charge in [-0.3, -0.25) is 15.2 Å². The van der Waals surface area contributed by atoms with Gasteiger partial charge in [0, 0.05) is 4.47 Å². The molecular formula is C20H20BrN5O3. The van der Waals surface area contributed by atoms with Crippen LogP contribution in [0.5, 0.6) is 11.5 Å². The van der Waals surface area contributed by atoms with E-state index in [1.807, 2.05) is 49.4 Å². The minimum atomic E-state index is -0.264. The standard InChI is InChI=1S/C20H20BrN5O3/c1-3-29-16-10-13(21)6-9-15(16)18-22-19-17(20(27)23-18)24-25-26(19)11-12-4-7-14(28-2)8-5-12/h4-10,24-25H,3,11H2,1-2H3,(H,22,23,27). The summed E-state index contributed by atoms with van der Waals surface area (Å²) in [5, 5.41) is 1.79. The normalized spacial score (nSPS) is 12.4. The van der Waals surface area contributed by atoms with E-state index in [-0.39, 0.29) is 5.56 Å². The van der Waals surface area contributed by atoms with E-state index in [0.717, 1.165) is 15.8 Å². The number of anilines is 2. The van der Waals surface area contributed by atoms with Crippen LogP contribution in [0.1, 0.15) is 12.5 Å². The molecule has 3 N–H and O–H groups in total. The van der Waals surface area contributed by atoms with Gasteiger partial charge in [0.15, 0.2) is 11.5 Å². The third kappa shape index (κ3) is 3.92. The van der Waals surface area contributed by atoms with E-state index < -0.39 is 0 Å². The average molecular weight is 458 g/mol. The number of H-pyrrole nitrogens is 1. The monoisotopic (exact) mass is 457 g/mol. The van der Waals surface area contributed by atoms with Crippen molar-refractivity contribution in [3.05, 3.63) is 62.9 Å². The van der Waals surface area contributed by atoms with Crippen LogP contribution in [0.2, 0.25) is 0 Å². The summed E-state index contributed by atoms with van der Waals surface area (Å²) in [6, 6.07) is 13.3. The van der Waals surface area contributed by atoms with Crippen LogP contribution < -0.4 is 31.0 Å². The molecule has 150 valence electrons. The van der Waals surface area contributed by atoms with Crippen molar-refractivity contribution >= 4 is 27.4 Å². The molecular weight excluding hydrogens is 438 g/mol. The Morgan fingerprint density at radius 1 is 1.17 bits per heavy atom. The molecule has 29 heavy (non-hydrogen) atoms. The van der Waals surface area contributed by atoms with Crippen LogP contribution in [-0.2, 0) is 6.54 Å². The van der Waals surface area contributed by atoms with E-state index in [1.165, 1.54) is 0 Å². The number of nitrogens with one attached hydrogen (secondary N) is 3. The topological polar surface area (TPSA) is 91.5 Å². The van der Waals surface area contributed by atoms with Crippen LogP contribution in [0.15, 0.2) is 51.7 Å². The molecule has 1 aliphatic rings. The number of aromatic nitrogens is 2. The van der Waals surface area contributed by atoms with Gasteiger partial charge < -0.3 is 14.5 Å². The Kier molecular flexibility index (Phi) is 5.41. The predicted octanol–water partition coefficient (Wildman–Crippen LogP) is 3.46. The molecule has 0 fully saturated rings. The molecule has 0 aliphatic carbocycles. The summed E-state index contributed by atoms with van der Waals surface area (Å²) >= 11 is 3.45. The van der Waals surface area contributed by atoms with Crippen LogP contribution in [0, 0.1) is 0 Å². The quantitative estimate of drug-likeness (QED) is 0.521. The number of aromatic amines is 1. The Hall–Kier alpha value is -3.04. The molecule has 1 aromatic heterocycles. The molecule has 2 heterocycles. The molecule has 0 bridgehead atoms. The lowest BCUT2D eigenvalue weighted by Crippen LogP contribution is -2.35. The van der Waals surface area contributed by atoms with Gasteiger partial charge in [-0.2, -0.15) is 0 Å². The first-order chi connectivity index (χ1) is 14.1. The average Bonchev–Trinajstić information content (AvgIpc) is 3.12. The molecule has 0 atom stereocenters. The van der Waals surface area contributed by atoms with Gasteiger partial charge in [0.05, 0.1) is 25.8 Å². The molecule has 0 unspecified atom stereocenters. The summed E-state index contributed by atoms with van der Waals surface area (Å²) in [5.74, 6) is 2.39. The SMILES string of the molecule is CCOc1cc(Br)ccc1-c1nc2c(c(=O)[nH]1)NNN2Cc1ccc(OC)cc1. The molecule has 8 nitrogen and oxygen atoms in total. The second-order valence-electron chi connectivity index (χ2n) is 6.36. The largest absolute Gasteiger partial charge is 0.497 e. The van der Waals surface area contributed by atoms with E-state index in [4.69, 9.17) is 14.5 Å². The maximum absolute atomic E-state index is 12.6. The number of fused-ring (bicyclic) bond motifs is 1. The number of methoxy groups -OCH3 is 1. The van der Waals surface area contributed by atoms with E-state index in [1.54, 1.807) is 12.1 Å². The fourth-order valence-electron chi connectivity index (χ4n) is 3.07. The van der Waals surface area contributed by atoms with Gasteiger partial charge in [-0.15, -0.1) is 5.53 Å². The van der Waals surface area contributed by atoms with Gasteiger partial charge in [0.25, 0.3) is 5.56 Å². The van der Waals surface area contributed by atoms with Gasteiger partial charge in [-0.25, -0.2) is 4.98 Å². The first kappa shape index (κ1) is 19.3. The minimum Gasteiger partial charge on any atom is -0.497 e. The Balaban J connectivity index is 1.70. The highest BCUT2D eigenvalue weighted by atomic mass is 79.9. The lowest BCUT2D eigenvalue weighted by Gasteiger charge is -2.17. The number of hydrogen-bond acceptors (Lipinski definition) is 7. The summed E-state index contributed by atoms with van der Waals surface area (Å²) in [4.78, 5) is 20.2. The molecule has 0 radical (unpaired) electrons. The van der Waals surface area contributed by atoms with Crippen molar-refractivity contribution in [2.75, 3.05) is 24.2 Å². The second-order valence-corrected chi connectivity index (χ2v) is 7.27. The van der Waals surface area contributed by atoms with Gasteiger partial charge in [0.2, 0.25) is 0 Å². The van der Waals surface area contributed by atoms with Crippen molar-refractivity contribution in [3.8, 4) is 22.9 Å². The number of nitrogens with zero attached hydrogens (tertiary/aromatic N) is 2. The fourth-order valence-corrected chi connectivity index (χ4v) is 3.41. The number of ether oxygens (including phenoxy) is 2. The van der Waals surface area contributed by atoms with Crippen molar-refractivity contribution in [2.24, 2.45) is 0 Å². The third-order valence-corrected chi connectivity index (χ3v) is 4.96. The zero-order chi connectivity index (χ0) is 20.4. The van der Waals surface area contributed by atoms with Gasteiger partial charge in [-0.1, -0.05) is 28.1 Å². The number of hydrogen-bond donors (Lipinski definition) is 3. The Bertz CT molecular complexity index is 1080. The van der Waals surface area contributed by atoms with E-state index in [9.17, 15) is 4.79 Å². The van der Waals surface area contributed by atoms with E-state index >= 15 is 0 Å². The molecule has 0 spiro atoms. The number of benzene rings is 2. The highest BCUT2D eigenvalue weighted by Gasteiger charge is 2.25. The fraction of sp³-hybridized carbons (Fsp3) is 0.200. The van der Waals surface area contributed by atoms with Crippen molar-refractivity contribution < 1.29 is 9.47 Å². The first-order valence-corrected chi connectivity index (χ1v) is 9.87. The number of hydrazine groups is 2. The van der Waals surface area contributed by atoms with E-state index in [2.05, 4.69) is 31.9 Å². The molecule has 2 aromatic carbocycles. The van der Waals surface area contributed by atoms with Crippen LogP contribution in [-0.4, -0.2) is 23.7 Å². The summed E-state index contributed by atoms with van der Waals surface area (Å²) in [5.41, 5.74) is 7.75. The zero-order valence-electron chi connectivity index (χ0n) is 16.0. The van der Waals surface area contributed by atoms with Crippen LogP contribution in [0.4, 0.5) is 11.5 Å². The maximum Gasteiger partial charge on any atom is 0.278 e. The zero-order valence-corrected chi connectivity index (χ0v) is 17.5. The van der Waals surface area contributed by atoms with Crippen LogP contribution in [0.25, 0.3) is 11.4 Å². The van der Waals surface area contributed by atoms with Gasteiger partial charge in [0.1, 0.15) is 17.3 Å². The molecule has 0 saturated heterocycles. The Morgan fingerprint density at radius 2 is 1.97 bits per heavy atom. The van der Waals surface area contributed by atoms with Gasteiger partial charge in [-0.05, 0) is 42.8 Å². The van der Waals surface area contributed by atoms with Crippen molar-refractivity contribution in [3.63, 3.8) is 0 Å². The highest BCUT2D eigenvalue weighted by Crippen LogP contribution is 2.33. The molecule has 4 rings (SSSR count). The molecule has 9 heteroatoms. The minimum absolute atomic E-state index is 0.264. The van der Waals surface area contributed by atoms with Crippen LogP contribution in [0.3, 0.4) is 0 Å². The third-order valence-electron chi connectivity index (χ3n) is 4.47. The smallest absolute Gasteiger partial charge is 0.278 e. The van der Waals surface area contributed by atoms with Crippen LogP contribution >= 0.6 is 15.9 Å². The van der Waals surface area contributed by atoms with Crippen molar-refractivity contribution in [1.29, 1.82) is 0 Å². The van der Waals surface area contributed by atoms with Crippen molar-refractivity contribution in [2.45, 2.75) is 13.5 Å².